The van der Waals surface area contributed by atoms with Crippen LogP contribution in [0, 0.1) is 0 Å². The van der Waals surface area contributed by atoms with Crippen LogP contribution in [0.5, 0.6) is 0 Å². The lowest BCUT2D eigenvalue weighted by Crippen LogP contribution is -2.30. The van der Waals surface area contributed by atoms with Gasteiger partial charge in [-0.2, -0.15) is 0 Å². The lowest BCUT2D eigenvalue weighted by atomic mass is 9.88. The third-order valence-corrected chi connectivity index (χ3v) is 4.77. The first-order valence-electron chi connectivity index (χ1n) is 9.50. The van der Waals surface area contributed by atoms with Crippen LogP contribution in [0.1, 0.15) is 36.0 Å². The lowest BCUT2D eigenvalue weighted by molar-refractivity contribution is 0.252. The van der Waals surface area contributed by atoms with Crippen LogP contribution < -0.4 is 10.6 Å². The van der Waals surface area contributed by atoms with E-state index in [1.807, 2.05) is 36.4 Å². The zero-order chi connectivity index (χ0) is 18.9. The molecule has 2 amide bonds. The Morgan fingerprint density at radius 3 is 1.96 bits per heavy atom. The number of para-hydroxylation sites is 1. The molecule has 0 bridgehead atoms. The van der Waals surface area contributed by atoms with Crippen LogP contribution >= 0.6 is 0 Å². The summed E-state index contributed by atoms with van der Waals surface area (Å²) in [5.41, 5.74) is 4.55. The number of carbonyl (C=O) groups excluding carboxylic acids is 1. The van der Waals surface area contributed by atoms with Gasteiger partial charge in [0.05, 0.1) is 0 Å². The standard InChI is InChI=1S/C24H26N2O/c1-2-19-11-9-10-16-23(19)26-24(27)25-18-17-22(20-12-5-3-6-13-20)21-14-7-4-8-15-21/h3-16,22H,2,17-18H2,1H3,(H2,25,26,27). The fourth-order valence-electron chi connectivity index (χ4n) is 3.34. The van der Waals surface area contributed by atoms with E-state index in [2.05, 4.69) is 66.1 Å². The predicted molar refractivity (Wildman–Crippen MR) is 112 cm³/mol. The molecule has 0 aliphatic heterocycles. The van der Waals surface area contributed by atoms with Gasteiger partial charge in [-0.05, 0) is 35.6 Å². The second-order valence-electron chi connectivity index (χ2n) is 6.55. The topological polar surface area (TPSA) is 41.1 Å². The van der Waals surface area contributed by atoms with Crippen molar-refractivity contribution in [3.05, 3.63) is 102 Å². The number of benzene rings is 3. The molecule has 3 aromatic rings. The first-order valence-corrected chi connectivity index (χ1v) is 9.50. The minimum absolute atomic E-state index is 0.157. The van der Waals surface area contributed by atoms with E-state index in [4.69, 9.17) is 0 Å². The van der Waals surface area contributed by atoms with Gasteiger partial charge in [0.2, 0.25) is 0 Å². The van der Waals surface area contributed by atoms with E-state index < -0.39 is 0 Å². The molecular formula is C24H26N2O. The Hall–Kier alpha value is -3.07. The van der Waals surface area contributed by atoms with Crippen molar-refractivity contribution in [2.24, 2.45) is 0 Å². The Morgan fingerprint density at radius 2 is 1.37 bits per heavy atom. The van der Waals surface area contributed by atoms with Gasteiger partial charge in [0.1, 0.15) is 0 Å². The van der Waals surface area contributed by atoms with Crippen molar-refractivity contribution in [3.8, 4) is 0 Å². The molecule has 3 heteroatoms. The van der Waals surface area contributed by atoms with Crippen molar-refractivity contribution in [1.29, 1.82) is 0 Å². The second-order valence-corrected chi connectivity index (χ2v) is 6.55. The van der Waals surface area contributed by atoms with Crippen LogP contribution in [0.15, 0.2) is 84.9 Å². The highest BCUT2D eigenvalue weighted by atomic mass is 16.2. The minimum Gasteiger partial charge on any atom is -0.338 e. The molecule has 2 N–H and O–H groups in total. The van der Waals surface area contributed by atoms with Gasteiger partial charge in [0.15, 0.2) is 0 Å². The molecule has 0 aromatic heterocycles. The van der Waals surface area contributed by atoms with E-state index in [0.717, 1.165) is 24.1 Å². The first kappa shape index (κ1) is 18.7. The Balaban J connectivity index is 1.62. The number of anilines is 1. The molecule has 0 aliphatic rings. The zero-order valence-electron chi connectivity index (χ0n) is 15.7. The van der Waals surface area contributed by atoms with Crippen LogP contribution in [0.2, 0.25) is 0 Å². The van der Waals surface area contributed by atoms with Crippen LogP contribution in [0.4, 0.5) is 10.5 Å². The maximum atomic E-state index is 12.3. The molecule has 0 saturated carbocycles. The van der Waals surface area contributed by atoms with Gasteiger partial charge in [-0.15, -0.1) is 0 Å². The van der Waals surface area contributed by atoms with E-state index >= 15 is 0 Å². The van der Waals surface area contributed by atoms with Crippen molar-refractivity contribution < 1.29 is 4.79 Å². The molecule has 3 aromatic carbocycles. The highest BCUT2D eigenvalue weighted by Crippen LogP contribution is 2.27. The van der Waals surface area contributed by atoms with Gasteiger partial charge in [-0.25, -0.2) is 4.79 Å². The molecule has 3 nitrogen and oxygen atoms in total. The molecule has 0 radical (unpaired) electrons. The third kappa shape index (κ3) is 5.20. The van der Waals surface area contributed by atoms with Crippen LogP contribution in [0.3, 0.4) is 0 Å². The fraction of sp³-hybridized carbons (Fsp3) is 0.208. The average Bonchev–Trinajstić information content (AvgIpc) is 2.73. The highest BCUT2D eigenvalue weighted by molar-refractivity contribution is 5.90. The highest BCUT2D eigenvalue weighted by Gasteiger charge is 2.14. The van der Waals surface area contributed by atoms with Crippen molar-refractivity contribution >= 4 is 11.7 Å². The summed E-state index contributed by atoms with van der Waals surface area (Å²) in [5.74, 6) is 0.260. The van der Waals surface area contributed by atoms with Crippen molar-refractivity contribution in [2.75, 3.05) is 11.9 Å². The summed E-state index contributed by atoms with van der Waals surface area (Å²) in [4.78, 5) is 12.3. The van der Waals surface area contributed by atoms with Crippen LogP contribution in [-0.2, 0) is 6.42 Å². The average molecular weight is 358 g/mol. The first-order chi connectivity index (χ1) is 13.3. The molecule has 0 saturated heterocycles. The van der Waals surface area contributed by atoms with E-state index in [9.17, 15) is 4.79 Å². The lowest BCUT2D eigenvalue weighted by Gasteiger charge is -2.19. The number of rotatable bonds is 7. The van der Waals surface area contributed by atoms with Crippen LogP contribution in [-0.4, -0.2) is 12.6 Å². The van der Waals surface area contributed by atoms with Crippen molar-refractivity contribution in [3.63, 3.8) is 0 Å². The zero-order valence-corrected chi connectivity index (χ0v) is 15.7. The van der Waals surface area contributed by atoms with Gasteiger partial charge in [-0.3, -0.25) is 0 Å². The van der Waals surface area contributed by atoms with E-state index in [0.29, 0.717) is 6.54 Å². The summed E-state index contributed by atoms with van der Waals surface area (Å²) in [7, 11) is 0. The summed E-state index contributed by atoms with van der Waals surface area (Å²) in [6, 6.07) is 28.7. The Labute approximate surface area is 161 Å². The molecule has 27 heavy (non-hydrogen) atoms. The maximum Gasteiger partial charge on any atom is 0.319 e. The smallest absolute Gasteiger partial charge is 0.319 e. The Bertz CT molecular complexity index is 807. The number of urea groups is 1. The van der Waals surface area contributed by atoms with Gasteiger partial charge in [0, 0.05) is 18.2 Å². The summed E-state index contributed by atoms with van der Waals surface area (Å²) in [6.45, 7) is 2.69. The van der Waals surface area contributed by atoms with Gasteiger partial charge < -0.3 is 10.6 Å². The molecule has 3 rings (SSSR count). The predicted octanol–water partition coefficient (Wildman–Crippen LogP) is 5.59. The van der Waals surface area contributed by atoms with Gasteiger partial charge in [0.25, 0.3) is 0 Å². The largest absolute Gasteiger partial charge is 0.338 e. The molecule has 0 atom stereocenters. The summed E-state index contributed by atoms with van der Waals surface area (Å²) < 4.78 is 0. The molecule has 0 aliphatic carbocycles. The fourth-order valence-corrected chi connectivity index (χ4v) is 3.34. The number of amides is 2. The number of aryl methyl sites for hydroxylation is 1. The molecule has 0 heterocycles. The molecule has 0 unspecified atom stereocenters. The molecule has 0 fully saturated rings. The number of nitrogens with one attached hydrogen (secondary N) is 2. The van der Waals surface area contributed by atoms with E-state index in [-0.39, 0.29) is 11.9 Å². The Morgan fingerprint density at radius 1 is 0.815 bits per heavy atom. The van der Waals surface area contributed by atoms with Crippen molar-refractivity contribution in [1.82, 2.24) is 5.32 Å². The normalized spacial score (nSPS) is 10.6. The number of carbonyl (C=O) groups is 1. The number of hydrogen-bond donors (Lipinski definition) is 2. The van der Waals surface area contributed by atoms with Crippen molar-refractivity contribution in [2.45, 2.75) is 25.7 Å². The molecule has 138 valence electrons. The van der Waals surface area contributed by atoms with E-state index in [1.165, 1.54) is 11.1 Å². The van der Waals surface area contributed by atoms with Gasteiger partial charge >= 0.3 is 6.03 Å². The van der Waals surface area contributed by atoms with Gasteiger partial charge in [-0.1, -0.05) is 85.8 Å². The quantitative estimate of drug-likeness (QED) is 0.568. The molecule has 0 spiro atoms. The third-order valence-electron chi connectivity index (χ3n) is 4.77. The SMILES string of the molecule is CCc1ccccc1NC(=O)NCCC(c1ccccc1)c1ccccc1. The van der Waals surface area contributed by atoms with Crippen LogP contribution in [0.25, 0.3) is 0 Å². The maximum absolute atomic E-state index is 12.3. The Kier molecular flexibility index (Phi) is 6.64. The second kappa shape index (κ2) is 9.58. The summed E-state index contributed by atoms with van der Waals surface area (Å²) in [5, 5.41) is 5.97. The molecular weight excluding hydrogens is 332 g/mol. The summed E-state index contributed by atoms with van der Waals surface area (Å²) in [6.07, 6.45) is 1.73. The van der Waals surface area contributed by atoms with E-state index in [1.54, 1.807) is 0 Å². The minimum atomic E-state index is -0.157. The summed E-state index contributed by atoms with van der Waals surface area (Å²) >= 11 is 0. The number of hydrogen-bond acceptors (Lipinski definition) is 1. The monoisotopic (exact) mass is 358 g/mol.